The molecule has 0 fully saturated rings. The zero-order valence-corrected chi connectivity index (χ0v) is 15.4. The second-order valence-electron chi connectivity index (χ2n) is 6.78. The van der Waals surface area contributed by atoms with Gasteiger partial charge in [-0.15, -0.1) is 0 Å². The Morgan fingerprint density at radius 1 is 1.15 bits per heavy atom. The largest absolute Gasteiger partial charge is 0.347 e. The van der Waals surface area contributed by atoms with Crippen molar-refractivity contribution in [3.8, 4) is 6.07 Å². The highest BCUT2D eigenvalue weighted by Crippen LogP contribution is 2.29. The van der Waals surface area contributed by atoms with Gasteiger partial charge in [-0.25, -0.2) is 4.98 Å². The van der Waals surface area contributed by atoms with Gasteiger partial charge >= 0.3 is 0 Å². The highest BCUT2D eigenvalue weighted by Gasteiger charge is 2.14. The van der Waals surface area contributed by atoms with Gasteiger partial charge in [-0.3, -0.25) is 0 Å². The molecule has 0 unspecified atom stereocenters. The monoisotopic (exact) mass is 340 g/mol. The highest BCUT2D eigenvalue weighted by atomic mass is 14.9. The predicted octanol–water partition coefficient (Wildman–Crippen LogP) is 5.04. The Bertz CT molecular complexity index is 1190. The van der Waals surface area contributed by atoms with Crippen molar-refractivity contribution >= 4 is 33.6 Å². The molecule has 128 valence electrons. The molecule has 2 aromatic heterocycles. The second-order valence-corrected chi connectivity index (χ2v) is 6.78. The summed E-state index contributed by atoms with van der Waals surface area (Å²) in [6, 6.07) is 14.7. The molecule has 0 aliphatic carbocycles. The molecule has 4 nitrogen and oxygen atoms in total. The SMILES string of the molecule is Cc1cc2nc(/C(C#N)=C\c3c(C)n(C)c4ccccc34)[nH]c2cc1C. The van der Waals surface area contributed by atoms with E-state index in [1.54, 1.807) is 0 Å². The second kappa shape index (κ2) is 5.89. The molecule has 0 saturated carbocycles. The van der Waals surface area contributed by atoms with Crippen LogP contribution in [0.1, 0.15) is 28.2 Å². The fourth-order valence-corrected chi connectivity index (χ4v) is 3.43. The van der Waals surface area contributed by atoms with Crippen molar-refractivity contribution < 1.29 is 0 Å². The van der Waals surface area contributed by atoms with Crippen LogP contribution < -0.4 is 0 Å². The summed E-state index contributed by atoms with van der Waals surface area (Å²) in [7, 11) is 2.05. The van der Waals surface area contributed by atoms with Crippen LogP contribution in [-0.2, 0) is 7.05 Å². The molecule has 4 rings (SSSR count). The van der Waals surface area contributed by atoms with Crippen LogP contribution in [0, 0.1) is 32.1 Å². The van der Waals surface area contributed by atoms with E-state index in [4.69, 9.17) is 0 Å². The minimum atomic E-state index is 0.538. The maximum atomic E-state index is 9.76. The van der Waals surface area contributed by atoms with E-state index >= 15 is 0 Å². The first kappa shape index (κ1) is 16.2. The first-order valence-electron chi connectivity index (χ1n) is 8.62. The molecule has 2 heterocycles. The minimum absolute atomic E-state index is 0.538. The molecule has 0 spiro atoms. The number of rotatable bonds is 2. The molecule has 2 aromatic carbocycles. The van der Waals surface area contributed by atoms with Crippen LogP contribution in [0.3, 0.4) is 0 Å². The summed E-state index contributed by atoms with van der Waals surface area (Å²) >= 11 is 0. The van der Waals surface area contributed by atoms with Crippen molar-refractivity contribution in [1.82, 2.24) is 14.5 Å². The number of hydrogen-bond donors (Lipinski definition) is 1. The number of nitrogens with zero attached hydrogens (tertiary/aromatic N) is 3. The third kappa shape index (κ3) is 2.41. The molecular weight excluding hydrogens is 320 g/mol. The van der Waals surface area contributed by atoms with Crippen molar-refractivity contribution in [2.75, 3.05) is 0 Å². The normalized spacial score (nSPS) is 12.0. The van der Waals surface area contributed by atoms with E-state index in [2.05, 4.69) is 65.6 Å². The summed E-state index contributed by atoms with van der Waals surface area (Å²) in [6.07, 6.45) is 1.94. The third-order valence-corrected chi connectivity index (χ3v) is 5.21. The minimum Gasteiger partial charge on any atom is -0.347 e. The van der Waals surface area contributed by atoms with Gasteiger partial charge in [-0.2, -0.15) is 5.26 Å². The van der Waals surface area contributed by atoms with Crippen molar-refractivity contribution in [2.24, 2.45) is 7.05 Å². The lowest BCUT2D eigenvalue weighted by Gasteiger charge is -1.98. The lowest BCUT2D eigenvalue weighted by Crippen LogP contribution is -1.91. The zero-order chi connectivity index (χ0) is 18.4. The summed E-state index contributed by atoms with van der Waals surface area (Å²) in [4.78, 5) is 7.95. The van der Waals surface area contributed by atoms with Gasteiger partial charge in [0.1, 0.15) is 11.9 Å². The van der Waals surface area contributed by atoms with E-state index < -0.39 is 0 Å². The molecule has 0 amide bonds. The number of allylic oxidation sites excluding steroid dienone is 1. The molecule has 0 bridgehead atoms. The topological polar surface area (TPSA) is 57.4 Å². The number of hydrogen-bond acceptors (Lipinski definition) is 2. The average Bonchev–Trinajstić information content (AvgIpc) is 3.14. The van der Waals surface area contributed by atoms with Crippen molar-refractivity contribution in [3.05, 3.63) is 64.6 Å². The molecule has 0 aliphatic rings. The van der Waals surface area contributed by atoms with Crippen LogP contribution in [0.25, 0.3) is 33.6 Å². The van der Waals surface area contributed by atoms with Gasteiger partial charge in [0.2, 0.25) is 0 Å². The summed E-state index contributed by atoms with van der Waals surface area (Å²) in [5.41, 5.74) is 8.13. The highest BCUT2D eigenvalue weighted by molar-refractivity contribution is 5.99. The summed E-state index contributed by atoms with van der Waals surface area (Å²) in [5.74, 6) is 0.611. The zero-order valence-electron chi connectivity index (χ0n) is 15.4. The molecule has 0 radical (unpaired) electrons. The smallest absolute Gasteiger partial charge is 0.149 e. The van der Waals surface area contributed by atoms with Gasteiger partial charge in [0.05, 0.1) is 16.6 Å². The lowest BCUT2D eigenvalue weighted by molar-refractivity contribution is 0.916. The number of aromatic amines is 1. The van der Waals surface area contributed by atoms with Crippen LogP contribution >= 0.6 is 0 Å². The van der Waals surface area contributed by atoms with Crippen LogP contribution in [0.15, 0.2) is 36.4 Å². The third-order valence-electron chi connectivity index (χ3n) is 5.21. The van der Waals surface area contributed by atoms with Crippen molar-refractivity contribution in [1.29, 1.82) is 5.26 Å². The number of imidazole rings is 1. The molecular formula is C22H20N4. The average molecular weight is 340 g/mol. The fraction of sp³-hybridized carbons (Fsp3) is 0.182. The molecule has 0 saturated heterocycles. The lowest BCUT2D eigenvalue weighted by atomic mass is 10.1. The predicted molar refractivity (Wildman–Crippen MR) is 107 cm³/mol. The van der Waals surface area contributed by atoms with E-state index in [0.29, 0.717) is 11.4 Å². The van der Waals surface area contributed by atoms with Crippen LogP contribution in [-0.4, -0.2) is 14.5 Å². The molecule has 0 atom stereocenters. The van der Waals surface area contributed by atoms with Crippen LogP contribution in [0.4, 0.5) is 0 Å². The van der Waals surface area contributed by atoms with Crippen molar-refractivity contribution in [2.45, 2.75) is 20.8 Å². The van der Waals surface area contributed by atoms with E-state index in [0.717, 1.165) is 33.2 Å². The summed E-state index contributed by atoms with van der Waals surface area (Å²) in [5, 5.41) is 10.9. The standard InChI is InChI=1S/C22H20N4/c1-13-9-19-20(10-14(13)2)25-22(24-19)16(12-23)11-18-15(3)26(4)21-8-6-5-7-17(18)21/h5-11H,1-4H3,(H,24,25)/b16-11-. The molecule has 1 N–H and O–H groups in total. The number of fused-ring (bicyclic) bond motifs is 2. The van der Waals surface area contributed by atoms with Gasteiger partial charge in [0, 0.05) is 29.2 Å². The van der Waals surface area contributed by atoms with Crippen molar-refractivity contribution in [3.63, 3.8) is 0 Å². The quantitative estimate of drug-likeness (QED) is 0.519. The Morgan fingerprint density at radius 3 is 2.65 bits per heavy atom. The maximum Gasteiger partial charge on any atom is 0.149 e. The molecule has 0 aliphatic heterocycles. The number of nitriles is 1. The number of benzene rings is 2. The van der Waals surface area contributed by atoms with E-state index in [9.17, 15) is 5.26 Å². The van der Waals surface area contributed by atoms with Crippen LogP contribution in [0.5, 0.6) is 0 Å². The number of aryl methyl sites for hydroxylation is 3. The molecule has 4 aromatic rings. The number of para-hydroxylation sites is 1. The number of H-pyrrole nitrogens is 1. The number of aromatic nitrogens is 3. The van der Waals surface area contributed by atoms with Gasteiger partial charge < -0.3 is 9.55 Å². The maximum absolute atomic E-state index is 9.76. The molecule has 26 heavy (non-hydrogen) atoms. The molecule has 4 heteroatoms. The van der Waals surface area contributed by atoms with E-state index in [1.807, 2.05) is 25.3 Å². The Hall–Kier alpha value is -3.32. The summed E-state index contributed by atoms with van der Waals surface area (Å²) in [6.45, 7) is 6.23. The van der Waals surface area contributed by atoms with E-state index in [1.165, 1.54) is 11.1 Å². The Labute approximate surface area is 152 Å². The van der Waals surface area contributed by atoms with Gasteiger partial charge in [-0.1, -0.05) is 18.2 Å². The van der Waals surface area contributed by atoms with E-state index in [-0.39, 0.29) is 0 Å². The van der Waals surface area contributed by atoms with Gasteiger partial charge in [0.25, 0.3) is 0 Å². The van der Waals surface area contributed by atoms with Gasteiger partial charge in [0.15, 0.2) is 0 Å². The Balaban J connectivity index is 1.91. The Morgan fingerprint density at radius 2 is 1.88 bits per heavy atom. The first-order chi connectivity index (χ1) is 12.5. The summed E-state index contributed by atoms with van der Waals surface area (Å²) < 4.78 is 2.15. The van der Waals surface area contributed by atoms with Gasteiger partial charge in [-0.05, 0) is 56.2 Å². The fourth-order valence-electron chi connectivity index (χ4n) is 3.43. The number of nitrogens with one attached hydrogen (secondary N) is 1. The Kier molecular flexibility index (Phi) is 3.66. The first-order valence-corrected chi connectivity index (χ1v) is 8.62. The van der Waals surface area contributed by atoms with Crippen LogP contribution in [0.2, 0.25) is 0 Å².